The van der Waals surface area contributed by atoms with Gasteiger partial charge in [0.2, 0.25) is 6.29 Å². The number of benzene rings is 1. The molecule has 0 aromatic heterocycles. The van der Waals surface area contributed by atoms with Crippen LogP contribution in [-0.4, -0.2) is 51.6 Å². The molecule has 4 unspecified atom stereocenters. The van der Waals surface area contributed by atoms with Crippen molar-refractivity contribution < 1.29 is 29.9 Å². The van der Waals surface area contributed by atoms with Crippen LogP contribution >= 0.6 is 0 Å². The Morgan fingerprint density at radius 2 is 1.39 bits per heavy atom. The first-order valence-corrected chi connectivity index (χ1v) is 13.7. The Balaban J connectivity index is 1.86. The Hall–Kier alpha value is -2.38. The van der Waals surface area contributed by atoms with Crippen LogP contribution in [-0.2, 0) is 11.2 Å². The lowest BCUT2D eigenvalue weighted by molar-refractivity contribution is -0.242. The second kappa shape index (κ2) is 15.9. The summed E-state index contributed by atoms with van der Waals surface area (Å²) in [4.78, 5) is 0. The molecule has 0 aliphatic carbocycles. The molecule has 4 N–H and O–H groups in total. The highest BCUT2D eigenvalue weighted by atomic mass is 16.7. The number of rotatable bonds is 13. The highest BCUT2D eigenvalue weighted by Crippen LogP contribution is 2.31. The van der Waals surface area contributed by atoms with Gasteiger partial charge in [-0.05, 0) is 104 Å². The minimum absolute atomic E-state index is 0.129. The lowest BCUT2D eigenvalue weighted by Gasteiger charge is -2.35. The van der Waals surface area contributed by atoms with E-state index in [1.165, 1.54) is 22.3 Å². The van der Waals surface area contributed by atoms with Gasteiger partial charge in [0.05, 0.1) is 6.61 Å². The second-order valence-corrected chi connectivity index (χ2v) is 10.9. The summed E-state index contributed by atoms with van der Waals surface area (Å²) >= 11 is 0. The first-order chi connectivity index (χ1) is 18.0. The van der Waals surface area contributed by atoms with Crippen molar-refractivity contribution in [1.82, 2.24) is 0 Å². The van der Waals surface area contributed by atoms with Gasteiger partial charge in [-0.15, -0.1) is 0 Å². The number of hydrogen-bond donors (Lipinski definition) is 4. The first kappa shape index (κ1) is 31.8. The fourth-order valence-corrected chi connectivity index (χ4v) is 4.28. The number of aliphatic hydroxyl groups is 3. The molecule has 0 amide bonds. The number of allylic oxidation sites excluding steroid dienone is 8. The molecule has 212 valence electrons. The third kappa shape index (κ3) is 10.8. The number of phenolic OH excluding ortho intramolecular Hbond substituents is 1. The third-order valence-electron chi connectivity index (χ3n) is 6.90. The van der Waals surface area contributed by atoms with Crippen LogP contribution in [0.1, 0.15) is 84.3 Å². The number of hydrogen-bond acceptors (Lipinski definition) is 6. The number of aromatic hydroxyl groups is 1. The molecule has 0 saturated carbocycles. The average molecular weight is 529 g/mol. The Bertz CT molecular complexity index is 1020. The molecule has 6 nitrogen and oxygen atoms in total. The monoisotopic (exact) mass is 528 g/mol. The minimum atomic E-state index is -1.37. The predicted molar refractivity (Wildman–Crippen MR) is 153 cm³/mol. The number of aliphatic hydroxyl groups excluding tert-OH is 3. The Labute approximate surface area is 229 Å². The van der Waals surface area contributed by atoms with Gasteiger partial charge >= 0.3 is 0 Å². The highest BCUT2D eigenvalue weighted by Gasteiger charge is 2.39. The maximum Gasteiger partial charge on any atom is 0.228 e. The first-order valence-electron chi connectivity index (χ1n) is 13.7. The lowest BCUT2D eigenvalue weighted by atomic mass is 10.0. The smallest absolute Gasteiger partial charge is 0.228 e. The van der Waals surface area contributed by atoms with Gasteiger partial charge in [-0.1, -0.05) is 46.6 Å². The highest BCUT2D eigenvalue weighted by molar-refractivity contribution is 5.46. The van der Waals surface area contributed by atoms with Crippen molar-refractivity contribution in [3.63, 3.8) is 0 Å². The van der Waals surface area contributed by atoms with Gasteiger partial charge in [0, 0.05) is 5.56 Å². The Morgan fingerprint density at radius 3 is 1.97 bits per heavy atom. The number of phenols is 1. The van der Waals surface area contributed by atoms with Crippen LogP contribution in [0, 0.1) is 6.92 Å². The summed E-state index contributed by atoms with van der Waals surface area (Å²) in [6, 6.07) is 3.36. The van der Waals surface area contributed by atoms with Gasteiger partial charge < -0.3 is 29.9 Å². The molecule has 1 heterocycles. The van der Waals surface area contributed by atoms with Crippen LogP contribution in [0.4, 0.5) is 0 Å². The van der Waals surface area contributed by atoms with E-state index in [1.54, 1.807) is 19.1 Å². The largest absolute Gasteiger partial charge is 0.508 e. The molecule has 4 atom stereocenters. The quantitative estimate of drug-likeness (QED) is 0.227. The molecule has 2 rings (SSSR count). The zero-order chi connectivity index (χ0) is 28.2. The summed E-state index contributed by atoms with van der Waals surface area (Å²) in [7, 11) is 0. The van der Waals surface area contributed by atoms with Crippen LogP contribution in [0.15, 0.2) is 58.7 Å². The molecule has 1 aromatic rings. The van der Waals surface area contributed by atoms with Crippen molar-refractivity contribution in [2.45, 2.75) is 111 Å². The zero-order valence-electron chi connectivity index (χ0n) is 24.0. The normalized spacial score (nSPS) is 22.9. The molecular formula is C32H48O6. The van der Waals surface area contributed by atoms with E-state index in [0.717, 1.165) is 38.5 Å². The predicted octanol–water partition coefficient (Wildman–Crippen LogP) is 6.21. The standard InChI is InChI=1S/C32H48O6/c1-21(2)10-7-11-22(3)12-8-13-23(4)14-9-15-24(5)16-17-26-19-29(25(6)18-27(26)33)38-32-31(36)30(35)28(34)20-37-32/h10,12,14,16,18-19,28,30-36H,7-9,11,13,15,17,20H2,1-6H3. The summed E-state index contributed by atoms with van der Waals surface area (Å²) < 4.78 is 11.2. The number of aryl methyl sites for hydroxylation is 1. The van der Waals surface area contributed by atoms with Crippen LogP contribution < -0.4 is 4.74 Å². The average Bonchev–Trinajstić information content (AvgIpc) is 2.84. The fraction of sp³-hybridized carbons (Fsp3) is 0.562. The van der Waals surface area contributed by atoms with Crippen molar-refractivity contribution in [3.05, 3.63) is 69.9 Å². The van der Waals surface area contributed by atoms with E-state index in [4.69, 9.17) is 9.47 Å². The molecule has 1 saturated heterocycles. The van der Waals surface area contributed by atoms with Crippen LogP contribution in [0.3, 0.4) is 0 Å². The molecule has 0 radical (unpaired) electrons. The third-order valence-corrected chi connectivity index (χ3v) is 6.90. The molecule has 1 aromatic carbocycles. The van der Waals surface area contributed by atoms with E-state index < -0.39 is 24.6 Å². The van der Waals surface area contributed by atoms with Gasteiger partial charge in [-0.3, -0.25) is 0 Å². The van der Waals surface area contributed by atoms with E-state index in [-0.39, 0.29) is 12.4 Å². The molecule has 1 fully saturated rings. The Morgan fingerprint density at radius 1 is 0.842 bits per heavy atom. The van der Waals surface area contributed by atoms with Crippen molar-refractivity contribution >= 4 is 0 Å². The minimum Gasteiger partial charge on any atom is -0.508 e. The molecule has 0 bridgehead atoms. The lowest BCUT2D eigenvalue weighted by Crippen LogP contribution is -2.54. The molecule has 0 spiro atoms. The maximum absolute atomic E-state index is 10.5. The van der Waals surface area contributed by atoms with Crippen LogP contribution in [0.5, 0.6) is 11.5 Å². The van der Waals surface area contributed by atoms with Gasteiger partial charge in [-0.25, -0.2) is 0 Å². The van der Waals surface area contributed by atoms with E-state index in [1.807, 2.05) is 0 Å². The van der Waals surface area contributed by atoms with Gasteiger partial charge in [-0.2, -0.15) is 0 Å². The van der Waals surface area contributed by atoms with Crippen LogP contribution in [0.2, 0.25) is 0 Å². The summed E-state index contributed by atoms with van der Waals surface area (Å²) in [6.07, 6.45) is 11.0. The van der Waals surface area contributed by atoms with Gasteiger partial charge in [0.15, 0.2) is 0 Å². The van der Waals surface area contributed by atoms with Gasteiger partial charge in [0.1, 0.15) is 29.8 Å². The van der Waals surface area contributed by atoms with Crippen molar-refractivity contribution in [3.8, 4) is 11.5 Å². The summed E-state index contributed by atoms with van der Waals surface area (Å²) in [5, 5.41) is 40.2. The summed E-state index contributed by atoms with van der Waals surface area (Å²) in [5.74, 6) is 0.635. The SMILES string of the molecule is CC(C)=CCCC(C)=CCCC(C)=CCCC(C)=CCc1cc(OC2OCC(O)C(O)C2O)c(C)cc1O. The van der Waals surface area contributed by atoms with E-state index in [9.17, 15) is 20.4 Å². The van der Waals surface area contributed by atoms with E-state index in [0.29, 0.717) is 23.3 Å². The Kier molecular flexibility index (Phi) is 13.3. The second-order valence-electron chi connectivity index (χ2n) is 10.9. The fourth-order valence-electron chi connectivity index (χ4n) is 4.28. The molecule has 6 heteroatoms. The molecule has 1 aliphatic rings. The summed E-state index contributed by atoms with van der Waals surface area (Å²) in [5.41, 5.74) is 6.88. The van der Waals surface area contributed by atoms with Crippen LogP contribution in [0.25, 0.3) is 0 Å². The topological polar surface area (TPSA) is 99.4 Å². The van der Waals surface area contributed by atoms with Crippen molar-refractivity contribution in [2.75, 3.05) is 6.61 Å². The van der Waals surface area contributed by atoms with Crippen molar-refractivity contribution in [2.24, 2.45) is 0 Å². The zero-order valence-corrected chi connectivity index (χ0v) is 24.0. The van der Waals surface area contributed by atoms with E-state index >= 15 is 0 Å². The van der Waals surface area contributed by atoms with Crippen molar-refractivity contribution in [1.29, 1.82) is 0 Å². The summed E-state index contributed by atoms with van der Waals surface area (Å²) in [6.45, 7) is 12.5. The van der Waals surface area contributed by atoms with E-state index in [2.05, 4.69) is 58.9 Å². The molecule has 38 heavy (non-hydrogen) atoms. The molecule has 1 aliphatic heterocycles. The maximum atomic E-state index is 10.5. The van der Waals surface area contributed by atoms with Gasteiger partial charge in [0.25, 0.3) is 0 Å². The molecular weight excluding hydrogens is 480 g/mol. The number of ether oxygens (including phenoxy) is 2.